The van der Waals surface area contributed by atoms with Crippen LogP contribution in [0.25, 0.3) is 0 Å². The maximum Gasteiger partial charge on any atom is 0.324 e. The van der Waals surface area contributed by atoms with Crippen LogP contribution in [0.4, 0.5) is 4.79 Å². The lowest BCUT2D eigenvalue weighted by Crippen LogP contribution is -2.50. The monoisotopic (exact) mass is 239 g/mol. The van der Waals surface area contributed by atoms with Crippen LogP contribution >= 0.6 is 0 Å². The van der Waals surface area contributed by atoms with Crippen molar-refractivity contribution in [3.63, 3.8) is 0 Å². The third kappa shape index (κ3) is 2.60. The Balaban J connectivity index is 1.92. The van der Waals surface area contributed by atoms with Gasteiger partial charge in [0.1, 0.15) is 0 Å². The Morgan fingerprint density at radius 3 is 2.53 bits per heavy atom. The summed E-state index contributed by atoms with van der Waals surface area (Å²) in [6.07, 6.45) is 2.29. The molecule has 17 heavy (non-hydrogen) atoms. The molecule has 1 atom stereocenters. The van der Waals surface area contributed by atoms with Gasteiger partial charge in [-0.15, -0.1) is 0 Å². The second kappa shape index (κ2) is 5.04. The van der Waals surface area contributed by atoms with Gasteiger partial charge in [0.05, 0.1) is 6.04 Å². The van der Waals surface area contributed by atoms with Crippen LogP contribution in [0.5, 0.6) is 0 Å². The maximum absolute atomic E-state index is 12.2. The lowest BCUT2D eigenvalue weighted by Gasteiger charge is -2.35. The summed E-state index contributed by atoms with van der Waals surface area (Å²) >= 11 is 0. The molecule has 2 saturated heterocycles. The Labute approximate surface area is 102 Å². The Kier molecular flexibility index (Phi) is 3.66. The van der Waals surface area contributed by atoms with Crippen LogP contribution in [0.3, 0.4) is 0 Å². The number of carbonyl (C=O) groups is 2. The number of carbonyl (C=O) groups excluding carboxylic acids is 2. The number of nitrogens with zero attached hydrogens (tertiary/aromatic N) is 2. The molecular formula is C12H21N3O2. The van der Waals surface area contributed by atoms with Gasteiger partial charge in [0, 0.05) is 13.1 Å². The highest BCUT2D eigenvalue weighted by atomic mass is 16.2. The summed E-state index contributed by atoms with van der Waals surface area (Å²) < 4.78 is 0. The van der Waals surface area contributed by atoms with Gasteiger partial charge < -0.3 is 5.32 Å². The van der Waals surface area contributed by atoms with E-state index in [1.54, 1.807) is 0 Å². The van der Waals surface area contributed by atoms with Gasteiger partial charge in [0.15, 0.2) is 0 Å². The van der Waals surface area contributed by atoms with E-state index in [9.17, 15) is 9.59 Å². The molecule has 0 radical (unpaired) electrons. The molecule has 0 bridgehead atoms. The summed E-state index contributed by atoms with van der Waals surface area (Å²) in [6, 6.07) is -0.418. The topological polar surface area (TPSA) is 52.7 Å². The highest BCUT2D eigenvalue weighted by molar-refractivity contribution is 5.98. The van der Waals surface area contributed by atoms with E-state index in [4.69, 9.17) is 0 Å². The number of amides is 3. The van der Waals surface area contributed by atoms with Gasteiger partial charge >= 0.3 is 6.03 Å². The number of urea groups is 1. The number of likely N-dealkylation sites (tertiary alicyclic amines) is 1. The predicted molar refractivity (Wildman–Crippen MR) is 64.5 cm³/mol. The van der Waals surface area contributed by atoms with Gasteiger partial charge in [-0.1, -0.05) is 6.92 Å². The van der Waals surface area contributed by atoms with Crippen molar-refractivity contribution in [3.05, 3.63) is 0 Å². The first-order chi connectivity index (χ1) is 8.09. The van der Waals surface area contributed by atoms with Crippen LogP contribution in [0.2, 0.25) is 0 Å². The molecule has 2 aliphatic heterocycles. The van der Waals surface area contributed by atoms with E-state index in [0.717, 1.165) is 31.8 Å². The molecule has 5 nitrogen and oxygen atoms in total. The molecule has 0 aromatic heterocycles. The molecule has 96 valence electrons. The van der Waals surface area contributed by atoms with Gasteiger partial charge in [-0.3, -0.25) is 14.6 Å². The number of hydrogen-bond donors (Lipinski definition) is 1. The van der Waals surface area contributed by atoms with E-state index >= 15 is 0 Å². The molecule has 3 amide bonds. The first kappa shape index (κ1) is 12.4. The van der Waals surface area contributed by atoms with Crippen LogP contribution in [-0.4, -0.2) is 54.0 Å². The Morgan fingerprint density at radius 1 is 1.35 bits per heavy atom. The van der Waals surface area contributed by atoms with Gasteiger partial charge in [0.2, 0.25) is 5.91 Å². The van der Waals surface area contributed by atoms with Gasteiger partial charge in [-0.25, -0.2) is 4.79 Å². The molecule has 2 rings (SSSR count). The molecule has 2 fully saturated rings. The highest BCUT2D eigenvalue weighted by Gasteiger charge is 2.33. The molecule has 0 saturated carbocycles. The summed E-state index contributed by atoms with van der Waals surface area (Å²) in [6.45, 7) is 7.16. The minimum absolute atomic E-state index is 0.0606. The molecule has 0 spiro atoms. The average Bonchev–Trinajstić information content (AvgIpc) is 2.74. The first-order valence-electron chi connectivity index (χ1n) is 6.43. The van der Waals surface area contributed by atoms with Crippen molar-refractivity contribution >= 4 is 11.9 Å². The number of imide groups is 1. The quantitative estimate of drug-likeness (QED) is 0.770. The van der Waals surface area contributed by atoms with Crippen molar-refractivity contribution in [1.29, 1.82) is 0 Å². The summed E-state index contributed by atoms with van der Waals surface area (Å²) in [5.74, 6) is 0.693. The van der Waals surface area contributed by atoms with E-state index in [-0.39, 0.29) is 18.0 Å². The van der Waals surface area contributed by atoms with E-state index in [0.29, 0.717) is 13.1 Å². The fourth-order valence-corrected chi connectivity index (χ4v) is 2.48. The Bertz CT molecular complexity index is 311. The minimum atomic E-state index is -0.243. The lowest BCUT2D eigenvalue weighted by atomic mass is 9.98. The largest absolute Gasteiger partial charge is 0.336 e. The van der Waals surface area contributed by atoms with Crippen molar-refractivity contribution < 1.29 is 9.59 Å². The molecule has 2 aliphatic rings. The zero-order valence-electron chi connectivity index (χ0n) is 10.6. The first-order valence-corrected chi connectivity index (χ1v) is 6.43. The third-order valence-corrected chi connectivity index (χ3v) is 3.85. The molecule has 0 aromatic rings. The molecule has 0 unspecified atom stereocenters. The van der Waals surface area contributed by atoms with Crippen LogP contribution in [-0.2, 0) is 4.79 Å². The number of piperidine rings is 1. The minimum Gasteiger partial charge on any atom is -0.336 e. The van der Waals surface area contributed by atoms with Crippen LogP contribution in [0, 0.1) is 5.92 Å². The Hall–Kier alpha value is -1.10. The fourth-order valence-electron chi connectivity index (χ4n) is 2.48. The molecule has 0 aromatic carbocycles. The molecular weight excluding hydrogens is 218 g/mol. The van der Waals surface area contributed by atoms with Crippen molar-refractivity contribution in [2.75, 3.05) is 26.2 Å². The number of hydrogen-bond acceptors (Lipinski definition) is 3. The SMILES string of the molecule is CC1CCN([C@@H](C)C(=O)N2CCNC2=O)CC1. The summed E-state index contributed by atoms with van der Waals surface area (Å²) in [7, 11) is 0. The van der Waals surface area contributed by atoms with Crippen molar-refractivity contribution in [2.24, 2.45) is 5.92 Å². The standard InChI is InChI=1S/C12H21N3O2/c1-9-3-6-14(7-4-9)10(2)11(16)15-8-5-13-12(15)17/h9-10H,3-8H2,1-2H3,(H,13,17)/t10-/m0/s1. The number of nitrogens with one attached hydrogen (secondary N) is 1. The van der Waals surface area contributed by atoms with E-state index in [1.165, 1.54) is 4.90 Å². The maximum atomic E-state index is 12.2. The zero-order chi connectivity index (χ0) is 12.4. The van der Waals surface area contributed by atoms with Crippen LogP contribution < -0.4 is 5.32 Å². The van der Waals surface area contributed by atoms with E-state index < -0.39 is 0 Å². The highest BCUT2D eigenvalue weighted by Crippen LogP contribution is 2.19. The second-order valence-electron chi connectivity index (χ2n) is 5.12. The van der Waals surface area contributed by atoms with E-state index in [2.05, 4.69) is 17.1 Å². The lowest BCUT2D eigenvalue weighted by molar-refractivity contribution is -0.133. The Morgan fingerprint density at radius 2 is 2.00 bits per heavy atom. The van der Waals surface area contributed by atoms with Crippen LogP contribution in [0.1, 0.15) is 26.7 Å². The molecule has 1 N–H and O–H groups in total. The van der Waals surface area contributed by atoms with Crippen LogP contribution in [0.15, 0.2) is 0 Å². The van der Waals surface area contributed by atoms with Gasteiger partial charge in [-0.05, 0) is 38.8 Å². The average molecular weight is 239 g/mol. The van der Waals surface area contributed by atoms with Crippen molar-refractivity contribution in [2.45, 2.75) is 32.7 Å². The third-order valence-electron chi connectivity index (χ3n) is 3.85. The van der Waals surface area contributed by atoms with Crippen molar-refractivity contribution in [3.8, 4) is 0 Å². The summed E-state index contributed by atoms with van der Waals surface area (Å²) in [5, 5.41) is 2.66. The molecule has 0 aliphatic carbocycles. The van der Waals surface area contributed by atoms with Gasteiger partial charge in [-0.2, -0.15) is 0 Å². The van der Waals surface area contributed by atoms with E-state index in [1.807, 2.05) is 6.92 Å². The fraction of sp³-hybridized carbons (Fsp3) is 0.833. The summed E-state index contributed by atoms with van der Waals surface area (Å²) in [5.41, 5.74) is 0. The predicted octanol–water partition coefficient (Wildman–Crippen LogP) is 0.659. The molecule has 5 heteroatoms. The smallest absolute Gasteiger partial charge is 0.324 e. The summed E-state index contributed by atoms with van der Waals surface area (Å²) in [4.78, 5) is 27.1. The molecule has 2 heterocycles. The van der Waals surface area contributed by atoms with Gasteiger partial charge in [0.25, 0.3) is 0 Å². The zero-order valence-corrected chi connectivity index (χ0v) is 10.6. The number of rotatable bonds is 2. The normalized spacial score (nSPS) is 24.8. The van der Waals surface area contributed by atoms with Crippen molar-refractivity contribution in [1.82, 2.24) is 15.1 Å². The second-order valence-corrected chi connectivity index (χ2v) is 5.12.